The second-order valence-corrected chi connectivity index (χ2v) is 9.12. The van der Waals surface area contributed by atoms with Crippen LogP contribution in [0.3, 0.4) is 0 Å². The van der Waals surface area contributed by atoms with Crippen LogP contribution in [0.15, 0.2) is 54.9 Å². The molecular weight excluding hydrogens is 458 g/mol. The van der Waals surface area contributed by atoms with Crippen molar-refractivity contribution in [3.05, 3.63) is 71.5 Å². The molecule has 4 rings (SSSR count). The highest BCUT2D eigenvalue weighted by molar-refractivity contribution is 6.12. The number of pyridine rings is 1. The van der Waals surface area contributed by atoms with Gasteiger partial charge < -0.3 is 11.1 Å². The number of rotatable bonds is 7. The zero-order valence-electron chi connectivity index (χ0n) is 20.9. The molecule has 3 aromatic rings. The Morgan fingerprint density at radius 1 is 1.22 bits per heavy atom. The van der Waals surface area contributed by atoms with Gasteiger partial charge in [-0.25, -0.2) is 9.78 Å². The molecule has 1 fully saturated rings. The van der Waals surface area contributed by atoms with Gasteiger partial charge in [0.2, 0.25) is 5.91 Å². The molecule has 2 aromatic heterocycles. The molecule has 3 N–H and O–H groups in total. The number of nitrogens with one attached hydrogen (secondary N) is 1. The lowest BCUT2D eigenvalue weighted by Gasteiger charge is -2.45. The maximum absolute atomic E-state index is 13.6. The fourth-order valence-electron chi connectivity index (χ4n) is 4.55. The number of carbonyl (C=O) groups is 3. The van der Waals surface area contributed by atoms with Gasteiger partial charge in [-0.3, -0.25) is 24.1 Å². The Balaban J connectivity index is 1.60. The van der Waals surface area contributed by atoms with E-state index in [9.17, 15) is 14.4 Å². The van der Waals surface area contributed by atoms with Crippen molar-refractivity contribution in [2.24, 2.45) is 13.0 Å². The van der Waals surface area contributed by atoms with Crippen LogP contribution in [0, 0.1) is 12.8 Å². The smallest absolute Gasteiger partial charge is 0.325 e. The molecule has 1 aliphatic heterocycles. The molecule has 0 saturated carbocycles. The number of β-lactam (4-membered cyclic amide) rings is 1. The molecule has 10 heteroatoms. The zero-order chi connectivity index (χ0) is 26.0. The van der Waals surface area contributed by atoms with Crippen molar-refractivity contribution in [2.75, 3.05) is 17.7 Å². The molecule has 1 aliphatic rings. The minimum atomic E-state index is -0.978. The summed E-state index contributed by atoms with van der Waals surface area (Å²) in [4.78, 5) is 46.6. The Bertz CT molecular complexity index is 1290. The Labute approximate surface area is 210 Å². The van der Waals surface area contributed by atoms with Crippen LogP contribution in [0.2, 0.25) is 0 Å². The number of urea groups is 1. The van der Waals surface area contributed by atoms with Gasteiger partial charge in [0.15, 0.2) is 5.82 Å². The zero-order valence-corrected chi connectivity index (χ0v) is 20.9. The third-order valence-corrected chi connectivity index (χ3v) is 6.51. The summed E-state index contributed by atoms with van der Waals surface area (Å²) >= 11 is 0. The molecule has 0 spiro atoms. The van der Waals surface area contributed by atoms with Crippen LogP contribution >= 0.6 is 0 Å². The SMILES string of the molecule is CCC(NC(=O)N1C(=O)[C@H](Cc2ccnc(N)c2)[C@H]1C(=O)N(C)c1ccn(C)n1)c1cccc(C)c1. The molecule has 0 bridgehead atoms. The van der Waals surface area contributed by atoms with E-state index in [2.05, 4.69) is 15.4 Å². The Kier molecular flexibility index (Phi) is 7.05. The largest absolute Gasteiger partial charge is 0.384 e. The first kappa shape index (κ1) is 24.9. The van der Waals surface area contributed by atoms with Crippen LogP contribution in [0.25, 0.3) is 0 Å². The van der Waals surface area contributed by atoms with Gasteiger partial charge in [-0.2, -0.15) is 5.10 Å². The molecule has 10 nitrogen and oxygen atoms in total. The van der Waals surface area contributed by atoms with Crippen LogP contribution in [0.4, 0.5) is 16.4 Å². The summed E-state index contributed by atoms with van der Waals surface area (Å²) in [6.45, 7) is 3.94. The number of amides is 4. The Morgan fingerprint density at radius 2 is 2.00 bits per heavy atom. The molecule has 3 heterocycles. The van der Waals surface area contributed by atoms with E-state index in [4.69, 9.17) is 5.73 Å². The van der Waals surface area contributed by atoms with Crippen molar-refractivity contribution in [2.45, 2.75) is 38.8 Å². The van der Waals surface area contributed by atoms with Gasteiger partial charge in [-0.15, -0.1) is 0 Å². The Hall–Kier alpha value is -4.21. The summed E-state index contributed by atoms with van der Waals surface area (Å²) in [7, 11) is 3.34. The third kappa shape index (κ3) is 4.93. The van der Waals surface area contributed by atoms with E-state index in [0.717, 1.165) is 21.6 Å². The van der Waals surface area contributed by atoms with Gasteiger partial charge >= 0.3 is 6.03 Å². The number of carbonyl (C=O) groups excluding carboxylic acids is 3. The van der Waals surface area contributed by atoms with Gasteiger partial charge in [-0.05, 0) is 43.0 Å². The quantitative estimate of drug-likeness (QED) is 0.491. The van der Waals surface area contributed by atoms with E-state index < -0.39 is 23.9 Å². The molecule has 4 amide bonds. The van der Waals surface area contributed by atoms with Crippen molar-refractivity contribution < 1.29 is 14.4 Å². The van der Waals surface area contributed by atoms with Crippen LogP contribution in [0.5, 0.6) is 0 Å². The predicted molar refractivity (Wildman–Crippen MR) is 136 cm³/mol. The summed E-state index contributed by atoms with van der Waals surface area (Å²) in [5.74, 6) is -0.754. The standard InChI is InChI=1S/C26H31N7O3/c1-5-20(18-8-6-7-16(2)13-18)29-26(36)33-23(25(35)32(4)22-10-12-31(3)30-22)19(24(33)34)14-17-9-11-28-21(27)15-17/h6-13,15,19-20,23H,5,14H2,1-4H3,(H2,27,28)(H,29,36)/t19-,20?,23+/m1/s1. The number of hydrogen-bond donors (Lipinski definition) is 2. The van der Waals surface area contributed by atoms with Crippen molar-refractivity contribution in [1.82, 2.24) is 25.0 Å². The number of likely N-dealkylation sites (tertiary alicyclic amines) is 1. The van der Waals surface area contributed by atoms with Crippen LogP contribution in [-0.2, 0) is 23.1 Å². The molecule has 1 unspecified atom stereocenters. The van der Waals surface area contributed by atoms with Gasteiger partial charge in [0.05, 0.1) is 12.0 Å². The molecule has 1 aromatic carbocycles. The summed E-state index contributed by atoms with van der Waals surface area (Å²) in [6.07, 6.45) is 4.17. The fraction of sp³-hybridized carbons (Fsp3) is 0.346. The van der Waals surface area contributed by atoms with Crippen molar-refractivity contribution in [1.29, 1.82) is 0 Å². The number of benzene rings is 1. The minimum Gasteiger partial charge on any atom is -0.384 e. The second kappa shape index (κ2) is 10.2. The van der Waals surface area contributed by atoms with E-state index in [-0.39, 0.29) is 18.4 Å². The lowest BCUT2D eigenvalue weighted by Crippen LogP contribution is -2.70. The number of aryl methyl sites for hydroxylation is 2. The first-order valence-corrected chi connectivity index (χ1v) is 11.9. The topological polar surface area (TPSA) is 126 Å². The third-order valence-electron chi connectivity index (χ3n) is 6.51. The highest BCUT2D eigenvalue weighted by Gasteiger charge is 2.55. The summed E-state index contributed by atoms with van der Waals surface area (Å²) in [5, 5.41) is 7.23. The average Bonchev–Trinajstić information content (AvgIpc) is 3.29. The average molecular weight is 490 g/mol. The van der Waals surface area contributed by atoms with E-state index >= 15 is 0 Å². The van der Waals surface area contributed by atoms with E-state index in [1.165, 1.54) is 4.90 Å². The van der Waals surface area contributed by atoms with Crippen molar-refractivity contribution >= 4 is 29.5 Å². The molecular formula is C26H31N7O3. The van der Waals surface area contributed by atoms with Crippen LogP contribution in [-0.4, -0.2) is 50.6 Å². The number of nitrogens with zero attached hydrogens (tertiary/aromatic N) is 5. The van der Waals surface area contributed by atoms with E-state index in [1.807, 2.05) is 38.1 Å². The number of nitrogen functional groups attached to an aromatic ring is 1. The highest BCUT2D eigenvalue weighted by atomic mass is 16.2. The van der Waals surface area contributed by atoms with Crippen molar-refractivity contribution in [3.8, 4) is 0 Å². The summed E-state index contributed by atoms with van der Waals surface area (Å²) < 4.78 is 1.58. The first-order valence-electron chi connectivity index (χ1n) is 11.9. The van der Waals surface area contributed by atoms with E-state index in [0.29, 0.717) is 18.1 Å². The molecule has 36 heavy (non-hydrogen) atoms. The summed E-state index contributed by atoms with van der Waals surface area (Å²) in [5.41, 5.74) is 8.59. The fourth-order valence-corrected chi connectivity index (χ4v) is 4.55. The first-order chi connectivity index (χ1) is 17.2. The maximum Gasteiger partial charge on any atom is 0.325 e. The lowest BCUT2D eigenvalue weighted by atomic mass is 9.81. The molecule has 1 saturated heterocycles. The maximum atomic E-state index is 13.6. The van der Waals surface area contributed by atoms with Crippen LogP contribution in [0.1, 0.15) is 36.1 Å². The van der Waals surface area contributed by atoms with Gasteiger partial charge in [0, 0.05) is 32.6 Å². The van der Waals surface area contributed by atoms with Gasteiger partial charge in [0.1, 0.15) is 11.9 Å². The number of hydrogen-bond acceptors (Lipinski definition) is 6. The normalized spacial score (nSPS) is 17.9. The number of likely N-dealkylation sites (N-methyl/N-ethyl adjacent to an activating group) is 1. The van der Waals surface area contributed by atoms with Gasteiger partial charge in [0.25, 0.3) is 5.91 Å². The number of imide groups is 1. The lowest BCUT2D eigenvalue weighted by molar-refractivity contribution is -0.156. The van der Waals surface area contributed by atoms with E-state index in [1.54, 1.807) is 49.4 Å². The Morgan fingerprint density at radius 3 is 2.64 bits per heavy atom. The number of aromatic nitrogens is 3. The molecule has 0 aliphatic carbocycles. The molecule has 0 radical (unpaired) electrons. The number of nitrogens with two attached hydrogens (primary N) is 1. The molecule has 188 valence electrons. The van der Waals surface area contributed by atoms with Gasteiger partial charge in [-0.1, -0.05) is 36.8 Å². The highest BCUT2D eigenvalue weighted by Crippen LogP contribution is 2.33. The monoisotopic (exact) mass is 489 g/mol. The van der Waals surface area contributed by atoms with Crippen LogP contribution < -0.4 is 16.0 Å². The van der Waals surface area contributed by atoms with Crippen molar-refractivity contribution in [3.63, 3.8) is 0 Å². The second-order valence-electron chi connectivity index (χ2n) is 9.12. The summed E-state index contributed by atoms with van der Waals surface area (Å²) in [6, 6.07) is 11.1. The molecule has 3 atom stereocenters. The number of anilines is 2. The minimum absolute atomic E-state index is 0.261. The predicted octanol–water partition coefficient (Wildman–Crippen LogP) is 2.60.